The molecule has 2 aliphatic rings. The van der Waals surface area contributed by atoms with Crippen molar-refractivity contribution in [2.75, 3.05) is 25.0 Å². The number of rotatable bonds is 5. The molecule has 104 valence electrons. The molecule has 1 aliphatic carbocycles. The summed E-state index contributed by atoms with van der Waals surface area (Å²) in [4.78, 5) is 2.57. The Kier molecular flexibility index (Phi) is 3.65. The maximum absolute atomic E-state index is 5.87. The summed E-state index contributed by atoms with van der Waals surface area (Å²) in [6.07, 6.45) is 2.82. The topological polar surface area (TPSA) is 24.5 Å². The van der Waals surface area contributed by atoms with Crippen LogP contribution < -0.4 is 10.1 Å². The molecule has 3 heteroatoms. The van der Waals surface area contributed by atoms with Gasteiger partial charge in [0.25, 0.3) is 0 Å². The molecule has 0 unspecified atom stereocenters. The second-order valence-corrected chi connectivity index (χ2v) is 6.04. The number of hydrogen-bond donors (Lipinski definition) is 1. The van der Waals surface area contributed by atoms with E-state index >= 15 is 0 Å². The van der Waals surface area contributed by atoms with Crippen molar-refractivity contribution < 1.29 is 4.74 Å². The standard InChI is InChI=1S/C16H24N2O/c1-12(2)18(10-13-6-7-13)11-14-4-3-5-15-16(14)19-9-8-17-15/h3-5,12-13,17H,6-11H2,1-2H3. The minimum Gasteiger partial charge on any atom is -0.489 e. The van der Waals surface area contributed by atoms with Gasteiger partial charge in [-0.05, 0) is 38.7 Å². The van der Waals surface area contributed by atoms with Gasteiger partial charge in [-0.25, -0.2) is 0 Å². The fraction of sp³-hybridized carbons (Fsp3) is 0.625. The zero-order valence-corrected chi connectivity index (χ0v) is 12.0. The van der Waals surface area contributed by atoms with Crippen molar-refractivity contribution in [1.82, 2.24) is 4.90 Å². The minimum absolute atomic E-state index is 0.591. The molecule has 0 aromatic heterocycles. The predicted molar refractivity (Wildman–Crippen MR) is 78.7 cm³/mol. The molecule has 1 saturated carbocycles. The Morgan fingerprint density at radius 1 is 1.37 bits per heavy atom. The normalized spacial score (nSPS) is 18.1. The Morgan fingerprint density at radius 3 is 2.95 bits per heavy atom. The molecule has 0 radical (unpaired) electrons. The van der Waals surface area contributed by atoms with Gasteiger partial charge in [-0.15, -0.1) is 0 Å². The first kappa shape index (κ1) is 12.8. The van der Waals surface area contributed by atoms with Crippen LogP contribution in [0.25, 0.3) is 0 Å². The largest absolute Gasteiger partial charge is 0.489 e. The Bertz CT molecular complexity index is 440. The van der Waals surface area contributed by atoms with Gasteiger partial charge in [-0.2, -0.15) is 0 Å². The van der Waals surface area contributed by atoms with Gasteiger partial charge in [0.15, 0.2) is 0 Å². The van der Waals surface area contributed by atoms with Gasteiger partial charge in [-0.1, -0.05) is 12.1 Å². The Balaban J connectivity index is 1.76. The van der Waals surface area contributed by atoms with Crippen LogP contribution in [0.1, 0.15) is 32.3 Å². The van der Waals surface area contributed by atoms with Crippen molar-refractivity contribution >= 4 is 5.69 Å². The lowest BCUT2D eigenvalue weighted by Gasteiger charge is -2.29. The second kappa shape index (κ2) is 5.41. The SMILES string of the molecule is CC(C)N(Cc1cccc2c1OCCN2)CC1CC1. The van der Waals surface area contributed by atoms with E-state index in [0.717, 1.165) is 37.1 Å². The maximum Gasteiger partial charge on any atom is 0.146 e. The van der Waals surface area contributed by atoms with Gasteiger partial charge in [-0.3, -0.25) is 4.90 Å². The lowest BCUT2D eigenvalue weighted by molar-refractivity contribution is 0.199. The quantitative estimate of drug-likeness (QED) is 0.880. The summed E-state index contributed by atoms with van der Waals surface area (Å²) < 4.78 is 5.87. The number of benzene rings is 1. The molecule has 1 fully saturated rings. The maximum atomic E-state index is 5.87. The molecule has 3 nitrogen and oxygen atoms in total. The molecule has 19 heavy (non-hydrogen) atoms. The van der Waals surface area contributed by atoms with Crippen LogP contribution in [-0.4, -0.2) is 30.6 Å². The van der Waals surface area contributed by atoms with Crippen molar-refractivity contribution in [2.45, 2.75) is 39.3 Å². The van der Waals surface area contributed by atoms with E-state index in [1.54, 1.807) is 0 Å². The van der Waals surface area contributed by atoms with Gasteiger partial charge in [0.05, 0.1) is 5.69 Å². The van der Waals surface area contributed by atoms with Crippen LogP contribution in [0.15, 0.2) is 18.2 Å². The van der Waals surface area contributed by atoms with Crippen molar-refractivity contribution in [3.05, 3.63) is 23.8 Å². The zero-order chi connectivity index (χ0) is 13.2. The highest BCUT2D eigenvalue weighted by atomic mass is 16.5. The molecule has 1 aromatic carbocycles. The van der Waals surface area contributed by atoms with Gasteiger partial charge in [0, 0.05) is 31.2 Å². The van der Waals surface area contributed by atoms with Gasteiger partial charge in [0.2, 0.25) is 0 Å². The monoisotopic (exact) mass is 260 g/mol. The van der Waals surface area contributed by atoms with Gasteiger partial charge < -0.3 is 10.1 Å². The zero-order valence-electron chi connectivity index (χ0n) is 12.0. The summed E-state index contributed by atoms with van der Waals surface area (Å²) in [7, 11) is 0. The highest BCUT2D eigenvalue weighted by Gasteiger charge is 2.26. The molecule has 0 amide bonds. The summed E-state index contributed by atoms with van der Waals surface area (Å²) in [5.41, 5.74) is 2.47. The molecule has 0 spiro atoms. The van der Waals surface area contributed by atoms with E-state index in [1.807, 2.05) is 0 Å². The summed E-state index contributed by atoms with van der Waals surface area (Å²) in [6, 6.07) is 7.03. The summed E-state index contributed by atoms with van der Waals surface area (Å²) in [5, 5.41) is 3.42. The molecular weight excluding hydrogens is 236 g/mol. The third-order valence-electron chi connectivity index (χ3n) is 4.05. The molecule has 1 aromatic rings. The lowest BCUT2D eigenvalue weighted by atomic mass is 10.1. The Labute approximate surface area is 115 Å². The second-order valence-electron chi connectivity index (χ2n) is 6.04. The predicted octanol–water partition coefficient (Wildman–Crippen LogP) is 3.11. The number of hydrogen-bond acceptors (Lipinski definition) is 3. The van der Waals surface area contributed by atoms with E-state index in [0.29, 0.717) is 6.04 Å². The van der Waals surface area contributed by atoms with E-state index in [4.69, 9.17) is 4.74 Å². The van der Waals surface area contributed by atoms with Crippen LogP contribution >= 0.6 is 0 Å². The van der Waals surface area contributed by atoms with Crippen molar-refractivity contribution in [3.63, 3.8) is 0 Å². The van der Waals surface area contributed by atoms with Crippen LogP contribution in [0.4, 0.5) is 5.69 Å². The van der Waals surface area contributed by atoms with Crippen molar-refractivity contribution in [2.24, 2.45) is 5.92 Å². The van der Waals surface area contributed by atoms with Crippen LogP contribution in [-0.2, 0) is 6.54 Å². The minimum atomic E-state index is 0.591. The van der Waals surface area contributed by atoms with Gasteiger partial charge >= 0.3 is 0 Å². The number of fused-ring (bicyclic) bond motifs is 1. The number of nitrogens with zero attached hydrogens (tertiary/aromatic N) is 1. The van der Waals surface area contributed by atoms with E-state index in [9.17, 15) is 0 Å². The average Bonchev–Trinajstić information content (AvgIpc) is 3.22. The first-order valence-corrected chi connectivity index (χ1v) is 7.46. The summed E-state index contributed by atoms with van der Waals surface area (Å²) in [5.74, 6) is 2.00. The van der Waals surface area contributed by atoms with Crippen molar-refractivity contribution in [1.29, 1.82) is 0 Å². The Morgan fingerprint density at radius 2 is 2.21 bits per heavy atom. The van der Waals surface area contributed by atoms with E-state index < -0.39 is 0 Å². The molecule has 0 atom stereocenters. The lowest BCUT2D eigenvalue weighted by Crippen LogP contribution is -2.32. The third kappa shape index (κ3) is 3.03. The first-order chi connectivity index (χ1) is 9.24. The first-order valence-electron chi connectivity index (χ1n) is 7.46. The van der Waals surface area contributed by atoms with E-state index in [-0.39, 0.29) is 0 Å². The van der Waals surface area contributed by atoms with Gasteiger partial charge in [0.1, 0.15) is 12.4 Å². The molecule has 1 aliphatic heterocycles. The third-order valence-corrected chi connectivity index (χ3v) is 4.05. The molecule has 1 heterocycles. The molecule has 0 saturated heterocycles. The van der Waals surface area contributed by atoms with E-state index in [2.05, 4.69) is 42.3 Å². The fourth-order valence-electron chi connectivity index (χ4n) is 2.67. The summed E-state index contributed by atoms with van der Waals surface area (Å²) >= 11 is 0. The van der Waals surface area contributed by atoms with E-state index in [1.165, 1.54) is 24.9 Å². The fourth-order valence-corrected chi connectivity index (χ4v) is 2.67. The van der Waals surface area contributed by atoms with Crippen molar-refractivity contribution in [3.8, 4) is 5.75 Å². The molecular formula is C16H24N2O. The number of ether oxygens (including phenoxy) is 1. The van der Waals surface area contributed by atoms with Crippen LogP contribution in [0.3, 0.4) is 0 Å². The number of nitrogens with one attached hydrogen (secondary N) is 1. The highest BCUT2D eigenvalue weighted by molar-refractivity contribution is 5.61. The van der Waals surface area contributed by atoms with Crippen LogP contribution in [0.2, 0.25) is 0 Å². The number of para-hydroxylation sites is 1. The molecule has 1 N–H and O–H groups in total. The molecule has 3 rings (SSSR count). The molecule has 0 bridgehead atoms. The van der Waals surface area contributed by atoms with Crippen LogP contribution in [0, 0.1) is 5.92 Å². The average molecular weight is 260 g/mol. The summed E-state index contributed by atoms with van der Waals surface area (Å²) in [6.45, 7) is 8.49. The highest BCUT2D eigenvalue weighted by Crippen LogP contribution is 2.34. The smallest absolute Gasteiger partial charge is 0.146 e. The number of anilines is 1. The van der Waals surface area contributed by atoms with Crippen LogP contribution in [0.5, 0.6) is 5.75 Å². The Hall–Kier alpha value is -1.22.